The van der Waals surface area contributed by atoms with Gasteiger partial charge in [-0.05, 0) is 36.4 Å². The molecule has 0 fully saturated rings. The Hall–Kier alpha value is -2.58. The maximum Gasteiger partial charge on any atom is 0.416 e. The summed E-state index contributed by atoms with van der Waals surface area (Å²) in [5.74, 6) is -1.23. The molecular weight excluding hydrogens is 395 g/mol. The van der Waals surface area contributed by atoms with E-state index in [0.717, 1.165) is 24.2 Å². The molecule has 0 unspecified atom stereocenters. The molecular formula is C19H21ClF3N3O2. The lowest BCUT2D eigenvalue weighted by atomic mass is 10.1. The van der Waals surface area contributed by atoms with E-state index < -0.39 is 23.6 Å². The number of hydrogen-bond acceptors (Lipinski definition) is 3. The number of benzene rings is 2. The van der Waals surface area contributed by atoms with Crippen molar-refractivity contribution in [3.05, 3.63) is 59.2 Å². The molecule has 3 N–H and O–H groups in total. The number of halogens is 4. The van der Waals surface area contributed by atoms with E-state index in [9.17, 15) is 22.8 Å². The molecule has 0 bridgehead atoms. The van der Waals surface area contributed by atoms with Crippen LogP contribution >= 0.6 is 12.4 Å². The third-order valence-electron chi connectivity index (χ3n) is 3.67. The predicted octanol–water partition coefficient (Wildman–Crippen LogP) is 4.45. The number of alkyl halides is 3. The van der Waals surface area contributed by atoms with Crippen molar-refractivity contribution < 1.29 is 22.8 Å². The number of carbonyl (C=O) groups is 2. The highest BCUT2D eigenvalue weighted by Crippen LogP contribution is 2.32. The number of para-hydroxylation sites is 1. The largest absolute Gasteiger partial charge is 0.416 e. The van der Waals surface area contributed by atoms with Gasteiger partial charge < -0.3 is 16.0 Å². The Kier molecular flexibility index (Phi) is 8.46. The highest BCUT2D eigenvalue weighted by molar-refractivity contribution is 6.05. The van der Waals surface area contributed by atoms with Crippen LogP contribution in [0.3, 0.4) is 0 Å². The van der Waals surface area contributed by atoms with Crippen molar-refractivity contribution >= 4 is 35.6 Å². The molecule has 5 nitrogen and oxygen atoms in total. The molecule has 0 saturated heterocycles. The summed E-state index contributed by atoms with van der Waals surface area (Å²) in [5.41, 5.74) is -0.00114. The topological polar surface area (TPSA) is 70.2 Å². The molecule has 0 atom stereocenters. The van der Waals surface area contributed by atoms with E-state index >= 15 is 0 Å². The summed E-state index contributed by atoms with van der Waals surface area (Å²) < 4.78 is 39.4. The molecule has 0 aromatic heterocycles. The predicted molar refractivity (Wildman–Crippen MR) is 105 cm³/mol. The van der Waals surface area contributed by atoms with E-state index in [1.165, 1.54) is 13.0 Å². The first kappa shape index (κ1) is 23.5. The molecule has 152 valence electrons. The zero-order valence-electron chi connectivity index (χ0n) is 15.3. The Balaban J connectivity index is 0.00000392. The van der Waals surface area contributed by atoms with Gasteiger partial charge in [-0.1, -0.05) is 25.1 Å². The molecule has 0 saturated carbocycles. The summed E-state index contributed by atoms with van der Waals surface area (Å²) in [6.45, 7) is 4.35. The average Bonchev–Trinajstić information content (AvgIpc) is 2.59. The van der Waals surface area contributed by atoms with Gasteiger partial charge in [0.1, 0.15) is 0 Å². The van der Waals surface area contributed by atoms with Crippen LogP contribution in [0.25, 0.3) is 0 Å². The van der Waals surface area contributed by atoms with Crippen molar-refractivity contribution in [1.29, 1.82) is 0 Å². The van der Waals surface area contributed by atoms with Crippen molar-refractivity contribution in [2.75, 3.05) is 17.2 Å². The van der Waals surface area contributed by atoms with Gasteiger partial charge >= 0.3 is 6.18 Å². The molecule has 9 heteroatoms. The van der Waals surface area contributed by atoms with Gasteiger partial charge in [0.05, 0.1) is 5.56 Å². The van der Waals surface area contributed by atoms with Gasteiger partial charge in [-0.2, -0.15) is 13.2 Å². The Bertz CT molecular complexity index is 841. The summed E-state index contributed by atoms with van der Waals surface area (Å²) in [6.07, 6.45) is -4.65. The molecule has 0 spiro atoms. The summed E-state index contributed by atoms with van der Waals surface area (Å²) in [4.78, 5) is 23.7. The first-order valence-electron chi connectivity index (χ1n) is 8.30. The monoisotopic (exact) mass is 415 g/mol. The van der Waals surface area contributed by atoms with Gasteiger partial charge in [0.15, 0.2) is 0 Å². The van der Waals surface area contributed by atoms with Gasteiger partial charge in [0.2, 0.25) is 5.91 Å². The molecule has 2 amide bonds. The van der Waals surface area contributed by atoms with E-state index in [-0.39, 0.29) is 23.7 Å². The van der Waals surface area contributed by atoms with Crippen LogP contribution in [0, 0.1) is 0 Å². The second-order valence-electron chi connectivity index (χ2n) is 5.87. The van der Waals surface area contributed by atoms with Crippen LogP contribution in [-0.4, -0.2) is 18.4 Å². The Morgan fingerprint density at radius 3 is 2.32 bits per heavy atom. The van der Waals surface area contributed by atoms with Crippen LogP contribution in [0.5, 0.6) is 0 Å². The maximum absolute atomic E-state index is 13.1. The minimum atomic E-state index is -4.65. The normalized spacial score (nSPS) is 10.8. The second-order valence-corrected chi connectivity index (χ2v) is 5.87. The van der Waals surface area contributed by atoms with Crippen LogP contribution in [-0.2, 0) is 17.5 Å². The molecule has 0 aliphatic rings. The van der Waals surface area contributed by atoms with Gasteiger partial charge in [-0.15, -0.1) is 12.4 Å². The van der Waals surface area contributed by atoms with Gasteiger partial charge in [-0.3, -0.25) is 9.59 Å². The van der Waals surface area contributed by atoms with Crippen LogP contribution in [0.4, 0.5) is 24.5 Å². The van der Waals surface area contributed by atoms with Crippen LogP contribution < -0.4 is 16.0 Å². The lowest BCUT2D eigenvalue weighted by molar-refractivity contribution is -0.137. The summed E-state index contributed by atoms with van der Waals surface area (Å²) in [6, 6.07) is 9.77. The standard InChI is InChI=1S/C19H20F3N3O2.ClH/c1-3-23-11-13-6-4-5-7-17(13)25-18(27)14-8-15(19(20,21)22)10-16(9-14)24-12(2)26;/h4-10,23H,3,11H2,1-2H3,(H,24,26)(H,25,27);1H. The molecule has 2 rings (SSSR count). The van der Waals surface area contributed by atoms with Crippen molar-refractivity contribution in [3.63, 3.8) is 0 Å². The first-order valence-corrected chi connectivity index (χ1v) is 8.30. The first-order chi connectivity index (χ1) is 12.7. The fraction of sp³-hybridized carbons (Fsp3) is 0.263. The van der Waals surface area contributed by atoms with E-state index in [2.05, 4.69) is 16.0 Å². The Morgan fingerprint density at radius 2 is 1.71 bits per heavy atom. The fourth-order valence-electron chi connectivity index (χ4n) is 2.45. The van der Waals surface area contributed by atoms with Gasteiger partial charge in [0, 0.05) is 30.4 Å². The van der Waals surface area contributed by atoms with E-state index in [0.29, 0.717) is 12.2 Å². The number of amides is 2. The van der Waals surface area contributed by atoms with Crippen molar-refractivity contribution in [3.8, 4) is 0 Å². The molecule has 0 heterocycles. The number of hydrogen-bond donors (Lipinski definition) is 3. The van der Waals surface area contributed by atoms with Gasteiger partial charge in [0.25, 0.3) is 5.91 Å². The maximum atomic E-state index is 13.1. The van der Waals surface area contributed by atoms with E-state index in [4.69, 9.17) is 0 Å². The fourth-order valence-corrected chi connectivity index (χ4v) is 2.45. The molecule has 0 aliphatic carbocycles. The highest BCUT2D eigenvalue weighted by atomic mass is 35.5. The molecule has 0 aliphatic heterocycles. The summed E-state index contributed by atoms with van der Waals surface area (Å²) in [7, 11) is 0. The summed E-state index contributed by atoms with van der Waals surface area (Å²) in [5, 5.41) is 8.05. The zero-order valence-corrected chi connectivity index (χ0v) is 16.1. The molecule has 28 heavy (non-hydrogen) atoms. The molecule has 2 aromatic rings. The van der Waals surface area contributed by atoms with Crippen molar-refractivity contribution in [1.82, 2.24) is 5.32 Å². The van der Waals surface area contributed by atoms with Gasteiger partial charge in [-0.25, -0.2) is 0 Å². The van der Waals surface area contributed by atoms with E-state index in [1.54, 1.807) is 12.1 Å². The second kappa shape index (κ2) is 10.1. The van der Waals surface area contributed by atoms with Crippen LogP contribution in [0.15, 0.2) is 42.5 Å². The smallest absolute Gasteiger partial charge is 0.326 e. The van der Waals surface area contributed by atoms with Crippen molar-refractivity contribution in [2.24, 2.45) is 0 Å². The Morgan fingerprint density at radius 1 is 1.04 bits per heavy atom. The van der Waals surface area contributed by atoms with Crippen LogP contribution in [0.2, 0.25) is 0 Å². The van der Waals surface area contributed by atoms with Crippen molar-refractivity contribution in [2.45, 2.75) is 26.6 Å². The lowest BCUT2D eigenvalue weighted by Gasteiger charge is -2.14. The molecule has 0 radical (unpaired) electrons. The van der Waals surface area contributed by atoms with E-state index in [1.807, 2.05) is 19.1 Å². The third kappa shape index (κ3) is 6.54. The quantitative estimate of drug-likeness (QED) is 0.653. The number of nitrogens with one attached hydrogen (secondary N) is 3. The lowest BCUT2D eigenvalue weighted by Crippen LogP contribution is -2.18. The number of anilines is 2. The summed E-state index contributed by atoms with van der Waals surface area (Å²) >= 11 is 0. The SMILES string of the molecule is CCNCc1ccccc1NC(=O)c1cc(NC(C)=O)cc(C(F)(F)F)c1.Cl. The average molecular weight is 416 g/mol. The minimum absolute atomic E-state index is 0. The zero-order chi connectivity index (χ0) is 20.0. The number of rotatable bonds is 6. The number of carbonyl (C=O) groups excluding carboxylic acids is 2. The molecule has 2 aromatic carbocycles. The Labute approximate surface area is 167 Å². The highest BCUT2D eigenvalue weighted by Gasteiger charge is 2.32. The third-order valence-corrected chi connectivity index (χ3v) is 3.67. The minimum Gasteiger partial charge on any atom is -0.326 e. The van der Waals surface area contributed by atoms with Crippen LogP contribution in [0.1, 0.15) is 35.3 Å².